The second-order valence-electron chi connectivity index (χ2n) is 5.20. The van der Waals surface area contributed by atoms with Gasteiger partial charge >= 0.3 is 12.1 Å². The van der Waals surface area contributed by atoms with Crippen LogP contribution in [-0.4, -0.2) is 17.6 Å². The fraction of sp³-hybridized carbons (Fsp3) is 0.500. The van der Waals surface area contributed by atoms with Crippen molar-refractivity contribution in [3.05, 3.63) is 28.2 Å². The van der Waals surface area contributed by atoms with Crippen molar-refractivity contribution >= 4 is 27.6 Å². The monoisotopic (exact) mass is 365 g/mol. The highest BCUT2D eigenvalue weighted by atomic mass is 79.9. The molecule has 1 aromatic carbocycles. The third kappa shape index (κ3) is 3.90. The summed E-state index contributed by atoms with van der Waals surface area (Å²) in [5.74, 6) is -1.48. The summed E-state index contributed by atoms with van der Waals surface area (Å²) in [5, 5.41) is 11.9. The van der Waals surface area contributed by atoms with Gasteiger partial charge in [-0.25, -0.2) is 0 Å². The largest absolute Gasteiger partial charge is 0.481 e. The molecule has 2 atom stereocenters. The lowest BCUT2D eigenvalue weighted by atomic mass is 9.96. The topological polar surface area (TPSA) is 49.3 Å². The van der Waals surface area contributed by atoms with Crippen LogP contribution in [0.5, 0.6) is 0 Å². The standard InChI is InChI=1S/C14H15BrF3NO2/c15-9-4-5-11(14(16,17)18)12(6-9)19-7-8-2-1-3-10(8)13(20)21/h4-6,8,10,19H,1-3,7H2,(H,20,21). The molecule has 116 valence electrons. The first-order chi connectivity index (χ1) is 9.79. The van der Waals surface area contributed by atoms with Gasteiger partial charge in [0, 0.05) is 16.7 Å². The van der Waals surface area contributed by atoms with Gasteiger partial charge in [0.05, 0.1) is 11.5 Å². The zero-order valence-corrected chi connectivity index (χ0v) is 12.7. The highest BCUT2D eigenvalue weighted by molar-refractivity contribution is 9.10. The summed E-state index contributed by atoms with van der Waals surface area (Å²) in [6.45, 7) is 0.233. The van der Waals surface area contributed by atoms with Crippen LogP contribution in [0.3, 0.4) is 0 Å². The summed E-state index contributed by atoms with van der Waals surface area (Å²) in [6.07, 6.45) is -2.33. The van der Waals surface area contributed by atoms with Crippen molar-refractivity contribution in [2.75, 3.05) is 11.9 Å². The molecule has 1 saturated carbocycles. The molecular formula is C14H15BrF3NO2. The molecule has 0 saturated heterocycles. The predicted octanol–water partition coefficient (Wildman–Crippen LogP) is 4.38. The summed E-state index contributed by atoms with van der Waals surface area (Å²) >= 11 is 3.15. The van der Waals surface area contributed by atoms with E-state index >= 15 is 0 Å². The molecule has 21 heavy (non-hydrogen) atoms. The van der Waals surface area contributed by atoms with Gasteiger partial charge in [0.1, 0.15) is 0 Å². The highest BCUT2D eigenvalue weighted by Crippen LogP contribution is 2.37. The van der Waals surface area contributed by atoms with Gasteiger partial charge in [-0.05, 0) is 37.0 Å². The molecule has 7 heteroatoms. The summed E-state index contributed by atoms with van der Waals surface area (Å²) in [7, 11) is 0. The molecule has 2 unspecified atom stereocenters. The Balaban J connectivity index is 2.13. The minimum absolute atomic E-state index is 0.0205. The van der Waals surface area contributed by atoms with E-state index in [1.165, 1.54) is 12.1 Å². The minimum Gasteiger partial charge on any atom is -0.481 e. The third-order valence-electron chi connectivity index (χ3n) is 3.82. The number of carboxylic acids is 1. The fourth-order valence-corrected chi connectivity index (χ4v) is 3.12. The molecule has 0 heterocycles. The Morgan fingerprint density at radius 3 is 2.71 bits per heavy atom. The first-order valence-corrected chi connectivity index (χ1v) is 7.41. The number of alkyl halides is 3. The van der Waals surface area contributed by atoms with Crippen molar-refractivity contribution in [1.82, 2.24) is 0 Å². The number of anilines is 1. The summed E-state index contributed by atoms with van der Waals surface area (Å²) in [6, 6.07) is 3.72. The van der Waals surface area contributed by atoms with Gasteiger partial charge in [0.15, 0.2) is 0 Å². The maximum atomic E-state index is 12.9. The molecule has 0 aromatic heterocycles. The number of halogens is 4. The lowest BCUT2D eigenvalue weighted by Crippen LogP contribution is -2.25. The van der Waals surface area contributed by atoms with Gasteiger partial charge < -0.3 is 10.4 Å². The first-order valence-electron chi connectivity index (χ1n) is 6.62. The van der Waals surface area contributed by atoms with Crippen LogP contribution in [0.15, 0.2) is 22.7 Å². The van der Waals surface area contributed by atoms with Crippen LogP contribution in [-0.2, 0) is 11.0 Å². The molecular weight excluding hydrogens is 351 g/mol. The Kier molecular flexibility index (Phi) is 4.81. The number of benzene rings is 1. The molecule has 0 amide bonds. The molecule has 3 nitrogen and oxygen atoms in total. The predicted molar refractivity (Wildman–Crippen MR) is 76.1 cm³/mol. The van der Waals surface area contributed by atoms with Crippen LogP contribution in [0, 0.1) is 11.8 Å². The van der Waals surface area contributed by atoms with Crippen molar-refractivity contribution < 1.29 is 23.1 Å². The molecule has 1 aromatic rings. The van der Waals surface area contributed by atoms with E-state index in [1.54, 1.807) is 0 Å². The Labute approximate surface area is 128 Å². The van der Waals surface area contributed by atoms with E-state index in [-0.39, 0.29) is 18.2 Å². The molecule has 2 N–H and O–H groups in total. The maximum absolute atomic E-state index is 12.9. The van der Waals surface area contributed by atoms with Gasteiger partial charge in [-0.2, -0.15) is 13.2 Å². The Morgan fingerprint density at radius 1 is 1.38 bits per heavy atom. The lowest BCUT2D eigenvalue weighted by molar-refractivity contribution is -0.143. The van der Waals surface area contributed by atoms with Crippen LogP contribution in [0.1, 0.15) is 24.8 Å². The zero-order chi connectivity index (χ0) is 15.6. The van der Waals surface area contributed by atoms with Crippen molar-refractivity contribution in [3.63, 3.8) is 0 Å². The number of carboxylic acid groups (broad SMARTS) is 1. The number of hydrogen-bond acceptors (Lipinski definition) is 2. The van der Waals surface area contributed by atoms with Gasteiger partial charge in [-0.1, -0.05) is 22.4 Å². The maximum Gasteiger partial charge on any atom is 0.418 e. The average Bonchev–Trinajstić information content (AvgIpc) is 2.83. The number of carbonyl (C=O) groups is 1. The van der Waals surface area contributed by atoms with Crippen LogP contribution in [0.25, 0.3) is 0 Å². The van der Waals surface area contributed by atoms with Crippen molar-refractivity contribution in [1.29, 1.82) is 0 Å². The van der Waals surface area contributed by atoms with Gasteiger partial charge in [-0.3, -0.25) is 4.79 Å². The Hall–Kier alpha value is -1.24. The quantitative estimate of drug-likeness (QED) is 0.832. The van der Waals surface area contributed by atoms with Crippen LogP contribution >= 0.6 is 15.9 Å². The van der Waals surface area contributed by atoms with E-state index < -0.39 is 23.6 Å². The zero-order valence-electron chi connectivity index (χ0n) is 11.1. The Bertz CT molecular complexity index is 533. The summed E-state index contributed by atoms with van der Waals surface area (Å²) < 4.78 is 39.3. The second kappa shape index (κ2) is 6.25. The van der Waals surface area contributed by atoms with E-state index in [0.29, 0.717) is 10.9 Å². The Morgan fingerprint density at radius 2 is 2.10 bits per heavy atom. The van der Waals surface area contributed by atoms with E-state index in [4.69, 9.17) is 5.11 Å². The van der Waals surface area contributed by atoms with E-state index in [2.05, 4.69) is 21.2 Å². The van der Waals surface area contributed by atoms with Gasteiger partial charge in [0.25, 0.3) is 0 Å². The minimum atomic E-state index is -4.44. The summed E-state index contributed by atoms with van der Waals surface area (Å²) in [5.41, 5.74) is -0.761. The van der Waals surface area contributed by atoms with E-state index in [0.717, 1.165) is 18.9 Å². The van der Waals surface area contributed by atoms with Crippen LogP contribution in [0.4, 0.5) is 18.9 Å². The lowest BCUT2D eigenvalue weighted by Gasteiger charge is -2.20. The van der Waals surface area contributed by atoms with Crippen LogP contribution < -0.4 is 5.32 Å². The number of nitrogens with one attached hydrogen (secondary N) is 1. The fourth-order valence-electron chi connectivity index (χ4n) is 2.76. The molecule has 1 aliphatic carbocycles. The molecule has 1 fully saturated rings. The first kappa shape index (κ1) is 16.1. The van der Waals surface area contributed by atoms with Crippen molar-refractivity contribution in [2.45, 2.75) is 25.4 Å². The normalized spacial score (nSPS) is 22.3. The van der Waals surface area contributed by atoms with E-state index in [1.807, 2.05) is 0 Å². The average molecular weight is 366 g/mol. The molecule has 0 aliphatic heterocycles. The molecule has 0 spiro atoms. The summed E-state index contributed by atoms with van der Waals surface area (Å²) in [4.78, 5) is 11.1. The van der Waals surface area contributed by atoms with Crippen LogP contribution in [0.2, 0.25) is 0 Å². The van der Waals surface area contributed by atoms with Gasteiger partial charge in [-0.15, -0.1) is 0 Å². The molecule has 0 bridgehead atoms. The van der Waals surface area contributed by atoms with Crippen molar-refractivity contribution in [3.8, 4) is 0 Å². The second-order valence-corrected chi connectivity index (χ2v) is 6.12. The molecule has 0 radical (unpaired) electrons. The number of hydrogen-bond donors (Lipinski definition) is 2. The van der Waals surface area contributed by atoms with Crippen molar-refractivity contribution in [2.24, 2.45) is 11.8 Å². The number of aliphatic carboxylic acids is 1. The molecule has 1 aliphatic rings. The number of rotatable bonds is 4. The molecule has 2 rings (SSSR count). The van der Waals surface area contributed by atoms with Gasteiger partial charge in [0.2, 0.25) is 0 Å². The highest BCUT2D eigenvalue weighted by Gasteiger charge is 2.35. The van der Waals surface area contributed by atoms with E-state index in [9.17, 15) is 18.0 Å². The third-order valence-corrected chi connectivity index (χ3v) is 4.31. The smallest absolute Gasteiger partial charge is 0.418 e. The SMILES string of the molecule is O=C(O)C1CCCC1CNc1cc(Br)ccc1C(F)(F)F.